The highest BCUT2D eigenvalue weighted by atomic mass is 16.5. The van der Waals surface area contributed by atoms with Gasteiger partial charge in [-0.2, -0.15) is 0 Å². The van der Waals surface area contributed by atoms with Crippen molar-refractivity contribution in [2.45, 2.75) is 58.7 Å². The fourth-order valence-corrected chi connectivity index (χ4v) is 2.43. The molecule has 2 heteroatoms. The highest BCUT2D eigenvalue weighted by Gasteiger charge is 2.49. The molecular weight excluding hydrogens is 212 g/mol. The molecule has 2 atom stereocenters. The summed E-state index contributed by atoms with van der Waals surface area (Å²) in [7, 11) is 0. The van der Waals surface area contributed by atoms with Gasteiger partial charge in [-0.25, -0.2) is 0 Å². The summed E-state index contributed by atoms with van der Waals surface area (Å²) in [6.45, 7) is 11.7. The number of ether oxygens (including phenoxy) is 1. The Bertz CT molecular complexity index is 328. The van der Waals surface area contributed by atoms with Crippen LogP contribution in [0.15, 0.2) is 24.8 Å². The van der Waals surface area contributed by atoms with Gasteiger partial charge in [0.05, 0.1) is 6.10 Å². The summed E-state index contributed by atoms with van der Waals surface area (Å²) >= 11 is 0. The van der Waals surface area contributed by atoms with E-state index in [1.54, 1.807) is 0 Å². The molecule has 0 amide bonds. The van der Waals surface area contributed by atoms with Crippen LogP contribution in [0.2, 0.25) is 0 Å². The molecule has 1 aliphatic heterocycles. The number of carbonyl (C=O) groups excluding carboxylic acids is 1. The first-order chi connectivity index (χ1) is 7.87. The van der Waals surface area contributed by atoms with Crippen LogP contribution >= 0.6 is 0 Å². The van der Waals surface area contributed by atoms with Crippen molar-refractivity contribution >= 4 is 5.78 Å². The zero-order valence-electron chi connectivity index (χ0n) is 11.5. The standard InChI is InChI=1S/C15H24O2/c1-6-8-12-9-10-13(16)15(5,17-12)14(3,4)11-7-2/h6-7,11-12H,1,8-10H2,2-5H3/b11-7+. The van der Waals surface area contributed by atoms with Crippen molar-refractivity contribution < 1.29 is 9.53 Å². The zero-order chi connectivity index (χ0) is 13.1. The van der Waals surface area contributed by atoms with Gasteiger partial charge in [0, 0.05) is 11.8 Å². The second-order valence-corrected chi connectivity index (χ2v) is 5.48. The number of allylic oxidation sites excluding steroid dienone is 1. The fraction of sp³-hybridized carbons (Fsp3) is 0.667. The van der Waals surface area contributed by atoms with Crippen LogP contribution in [0, 0.1) is 5.41 Å². The smallest absolute Gasteiger partial charge is 0.165 e. The molecule has 2 unspecified atom stereocenters. The predicted octanol–water partition coefficient (Wildman–Crippen LogP) is 3.67. The lowest BCUT2D eigenvalue weighted by Crippen LogP contribution is -2.55. The van der Waals surface area contributed by atoms with Gasteiger partial charge in [-0.15, -0.1) is 6.58 Å². The van der Waals surface area contributed by atoms with Gasteiger partial charge in [0.15, 0.2) is 5.78 Å². The van der Waals surface area contributed by atoms with Crippen molar-refractivity contribution in [2.24, 2.45) is 5.41 Å². The number of carbonyl (C=O) groups is 1. The Labute approximate surface area is 105 Å². The first-order valence-electron chi connectivity index (χ1n) is 6.33. The lowest BCUT2D eigenvalue weighted by molar-refractivity contribution is -0.179. The molecule has 1 fully saturated rings. The molecule has 1 aliphatic rings. The molecule has 0 aromatic carbocycles. The molecule has 17 heavy (non-hydrogen) atoms. The minimum Gasteiger partial charge on any atom is -0.363 e. The van der Waals surface area contributed by atoms with Crippen molar-refractivity contribution in [1.29, 1.82) is 0 Å². The van der Waals surface area contributed by atoms with E-state index in [1.807, 2.05) is 26.0 Å². The van der Waals surface area contributed by atoms with Crippen LogP contribution in [0.1, 0.15) is 47.0 Å². The molecule has 0 radical (unpaired) electrons. The van der Waals surface area contributed by atoms with Crippen LogP contribution in [0.25, 0.3) is 0 Å². The minimum absolute atomic E-state index is 0.125. The second kappa shape index (κ2) is 5.18. The Morgan fingerprint density at radius 3 is 2.76 bits per heavy atom. The molecule has 1 rings (SSSR count). The van der Waals surface area contributed by atoms with Gasteiger partial charge in [-0.1, -0.05) is 32.1 Å². The molecule has 0 aromatic heterocycles. The Morgan fingerprint density at radius 2 is 2.24 bits per heavy atom. The van der Waals surface area contributed by atoms with Crippen LogP contribution < -0.4 is 0 Å². The Kier molecular flexibility index (Phi) is 4.31. The van der Waals surface area contributed by atoms with Gasteiger partial charge >= 0.3 is 0 Å². The van der Waals surface area contributed by atoms with Gasteiger partial charge in [-0.05, 0) is 26.7 Å². The molecule has 2 nitrogen and oxygen atoms in total. The third-order valence-corrected chi connectivity index (χ3v) is 3.87. The SMILES string of the molecule is C=CCC1CCC(=O)C(C)(C(C)(C)/C=C/C)O1. The molecule has 0 aliphatic carbocycles. The van der Waals surface area contributed by atoms with Crippen LogP contribution in [-0.4, -0.2) is 17.5 Å². The summed E-state index contributed by atoms with van der Waals surface area (Å²) < 4.78 is 6.07. The van der Waals surface area contributed by atoms with E-state index in [2.05, 4.69) is 26.5 Å². The summed E-state index contributed by atoms with van der Waals surface area (Å²) in [4.78, 5) is 12.2. The van der Waals surface area contributed by atoms with Crippen LogP contribution in [0.5, 0.6) is 0 Å². The molecule has 0 spiro atoms. The average molecular weight is 236 g/mol. The van der Waals surface area contributed by atoms with E-state index in [0.29, 0.717) is 6.42 Å². The molecular formula is C15H24O2. The highest BCUT2D eigenvalue weighted by Crippen LogP contribution is 2.41. The summed E-state index contributed by atoms with van der Waals surface area (Å²) in [6.07, 6.45) is 8.26. The fourth-order valence-electron chi connectivity index (χ4n) is 2.43. The van der Waals surface area contributed by atoms with Crippen molar-refractivity contribution in [2.75, 3.05) is 0 Å². The molecule has 0 saturated carbocycles. The van der Waals surface area contributed by atoms with Gasteiger partial charge in [0.2, 0.25) is 0 Å². The van der Waals surface area contributed by atoms with E-state index in [1.165, 1.54) is 0 Å². The van der Waals surface area contributed by atoms with Crippen molar-refractivity contribution in [3.63, 3.8) is 0 Å². The van der Waals surface area contributed by atoms with Crippen LogP contribution in [0.4, 0.5) is 0 Å². The maximum atomic E-state index is 12.2. The van der Waals surface area contributed by atoms with Crippen molar-refractivity contribution in [1.82, 2.24) is 0 Å². The zero-order valence-corrected chi connectivity index (χ0v) is 11.5. The van der Waals surface area contributed by atoms with E-state index in [0.717, 1.165) is 12.8 Å². The highest BCUT2D eigenvalue weighted by molar-refractivity contribution is 5.88. The lowest BCUT2D eigenvalue weighted by atomic mass is 9.70. The molecule has 0 aromatic rings. The topological polar surface area (TPSA) is 26.3 Å². The maximum Gasteiger partial charge on any atom is 0.165 e. The number of hydrogen-bond acceptors (Lipinski definition) is 2. The number of rotatable bonds is 4. The number of hydrogen-bond donors (Lipinski definition) is 0. The van der Waals surface area contributed by atoms with E-state index >= 15 is 0 Å². The molecule has 0 bridgehead atoms. The minimum atomic E-state index is -0.717. The third kappa shape index (κ3) is 2.68. The molecule has 96 valence electrons. The quantitative estimate of drug-likeness (QED) is 0.696. The Morgan fingerprint density at radius 1 is 1.59 bits per heavy atom. The molecule has 1 saturated heterocycles. The van der Waals surface area contributed by atoms with Crippen LogP contribution in [-0.2, 0) is 9.53 Å². The first-order valence-corrected chi connectivity index (χ1v) is 6.33. The Hall–Kier alpha value is -0.890. The van der Waals surface area contributed by atoms with Crippen molar-refractivity contribution in [3.8, 4) is 0 Å². The first kappa shape index (κ1) is 14.2. The van der Waals surface area contributed by atoms with Gasteiger partial charge in [0.1, 0.15) is 5.60 Å². The molecule has 0 N–H and O–H groups in total. The van der Waals surface area contributed by atoms with Gasteiger partial charge < -0.3 is 4.74 Å². The summed E-state index contributed by atoms with van der Waals surface area (Å²) in [5.74, 6) is 0.209. The largest absolute Gasteiger partial charge is 0.363 e. The van der Waals surface area contributed by atoms with E-state index in [-0.39, 0.29) is 17.3 Å². The van der Waals surface area contributed by atoms with E-state index in [9.17, 15) is 4.79 Å². The predicted molar refractivity (Wildman–Crippen MR) is 70.9 cm³/mol. The van der Waals surface area contributed by atoms with Gasteiger partial charge in [0.25, 0.3) is 0 Å². The number of ketones is 1. The second-order valence-electron chi connectivity index (χ2n) is 5.48. The van der Waals surface area contributed by atoms with Crippen LogP contribution in [0.3, 0.4) is 0 Å². The normalized spacial score (nSPS) is 30.8. The molecule has 1 heterocycles. The van der Waals surface area contributed by atoms with Gasteiger partial charge in [-0.3, -0.25) is 4.79 Å². The van der Waals surface area contributed by atoms with Crippen molar-refractivity contribution in [3.05, 3.63) is 24.8 Å². The summed E-state index contributed by atoms with van der Waals surface area (Å²) in [6, 6.07) is 0. The Balaban J connectivity index is 2.97. The van der Waals surface area contributed by atoms with E-state index < -0.39 is 5.60 Å². The average Bonchev–Trinajstić information content (AvgIpc) is 2.24. The summed E-state index contributed by atoms with van der Waals surface area (Å²) in [5.41, 5.74) is -0.996. The lowest BCUT2D eigenvalue weighted by Gasteiger charge is -2.46. The summed E-state index contributed by atoms with van der Waals surface area (Å²) in [5, 5.41) is 0. The van der Waals surface area contributed by atoms with E-state index in [4.69, 9.17) is 4.74 Å². The number of Topliss-reactive ketones (excluding diaryl/α,β-unsaturated/α-hetero) is 1. The monoisotopic (exact) mass is 236 g/mol. The maximum absolute atomic E-state index is 12.2. The third-order valence-electron chi connectivity index (χ3n) is 3.87.